The van der Waals surface area contributed by atoms with E-state index in [9.17, 15) is 4.79 Å². The van der Waals surface area contributed by atoms with Crippen molar-refractivity contribution in [3.05, 3.63) is 53.6 Å². The van der Waals surface area contributed by atoms with Crippen molar-refractivity contribution in [1.29, 1.82) is 0 Å². The topological polar surface area (TPSA) is 81.2 Å². The lowest BCUT2D eigenvalue weighted by atomic mass is 10.2. The number of carbonyl (C=O) groups excluding carboxylic acids is 1. The van der Waals surface area contributed by atoms with Crippen molar-refractivity contribution >= 4 is 29.5 Å². The molecule has 0 aliphatic heterocycles. The van der Waals surface area contributed by atoms with Crippen LogP contribution in [-0.4, -0.2) is 37.1 Å². The van der Waals surface area contributed by atoms with E-state index in [0.717, 1.165) is 12.0 Å². The van der Waals surface area contributed by atoms with E-state index in [1.807, 2.05) is 20.8 Å². The molecule has 0 aliphatic carbocycles. The highest BCUT2D eigenvalue weighted by Gasteiger charge is 2.13. The standard InChI is InChI=1S/C22H27N3O4S/c1-4-13-28-18-10-8-17(9-11-18)21(26)29-19-12-7-16(14-20(19)27-6-3)15-24-25-22(30)23-5-2/h7-12,14-15H,4-6,13H2,1-3H3,(H2,23,25,30)/b24-15+. The SMILES string of the molecule is CCCOc1ccc(C(=O)Oc2ccc(/C=N/NC(=S)NCC)cc2OCC)cc1. The van der Waals surface area contributed by atoms with E-state index >= 15 is 0 Å². The third-order valence-corrected chi connectivity index (χ3v) is 3.99. The van der Waals surface area contributed by atoms with Gasteiger partial charge in [-0.05, 0) is 80.5 Å². The zero-order chi connectivity index (χ0) is 21.8. The Morgan fingerprint density at radius 3 is 2.50 bits per heavy atom. The molecule has 0 amide bonds. The molecule has 30 heavy (non-hydrogen) atoms. The van der Waals surface area contributed by atoms with Gasteiger partial charge in [-0.3, -0.25) is 5.43 Å². The molecule has 0 saturated heterocycles. The molecule has 2 rings (SSSR count). The molecule has 2 aromatic rings. The summed E-state index contributed by atoms with van der Waals surface area (Å²) >= 11 is 5.05. The highest BCUT2D eigenvalue weighted by atomic mass is 32.1. The molecular weight excluding hydrogens is 402 g/mol. The maximum Gasteiger partial charge on any atom is 0.343 e. The van der Waals surface area contributed by atoms with E-state index < -0.39 is 5.97 Å². The quantitative estimate of drug-likeness (QED) is 0.195. The van der Waals surface area contributed by atoms with Crippen LogP contribution in [-0.2, 0) is 0 Å². The largest absolute Gasteiger partial charge is 0.494 e. The van der Waals surface area contributed by atoms with Gasteiger partial charge in [-0.15, -0.1) is 0 Å². The van der Waals surface area contributed by atoms with Crippen LogP contribution in [0.15, 0.2) is 47.6 Å². The number of thiocarbonyl (C=S) groups is 1. The van der Waals surface area contributed by atoms with Crippen LogP contribution in [0.5, 0.6) is 17.2 Å². The number of benzene rings is 2. The third kappa shape index (κ3) is 7.36. The van der Waals surface area contributed by atoms with Crippen LogP contribution in [0.1, 0.15) is 43.1 Å². The molecule has 2 aromatic carbocycles. The average molecular weight is 430 g/mol. The summed E-state index contributed by atoms with van der Waals surface area (Å²) in [6.45, 7) is 7.61. The number of rotatable bonds is 10. The third-order valence-electron chi connectivity index (χ3n) is 3.75. The maximum absolute atomic E-state index is 12.5. The normalized spacial score (nSPS) is 10.5. The minimum absolute atomic E-state index is 0.335. The molecule has 0 aromatic heterocycles. The van der Waals surface area contributed by atoms with Crippen LogP contribution in [0.4, 0.5) is 0 Å². The van der Waals surface area contributed by atoms with Crippen LogP contribution in [0.2, 0.25) is 0 Å². The second-order valence-electron chi connectivity index (χ2n) is 6.13. The summed E-state index contributed by atoms with van der Waals surface area (Å²) < 4.78 is 16.7. The Balaban J connectivity index is 2.07. The fraction of sp³-hybridized carbons (Fsp3) is 0.318. The van der Waals surface area contributed by atoms with E-state index in [0.29, 0.717) is 47.7 Å². The van der Waals surface area contributed by atoms with Gasteiger partial charge in [0.05, 0.1) is 25.0 Å². The summed E-state index contributed by atoms with van der Waals surface area (Å²) in [6.07, 6.45) is 2.52. The lowest BCUT2D eigenvalue weighted by molar-refractivity contribution is 0.0728. The smallest absolute Gasteiger partial charge is 0.343 e. The van der Waals surface area contributed by atoms with Gasteiger partial charge >= 0.3 is 5.97 Å². The van der Waals surface area contributed by atoms with Gasteiger partial charge in [0.1, 0.15) is 5.75 Å². The average Bonchev–Trinajstić information content (AvgIpc) is 2.74. The molecule has 2 N–H and O–H groups in total. The summed E-state index contributed by atoms with van der Waals surface area (Å²) in [6, 6.07) is 12.0. The summed E-state index contributed by atoms with van der Waals surface area (Å²) in [5.41, 5.74) is 3.91. The number of hydrazone groups is 1. The van der Waals surface area contributed by atoms with E-state index in [4.69, 9.17) is 26.4 Å². The molecule has 0 spiro atoms. The number of esters is 1. The zero-order valence-corrected chi connectivity index (χ0v) is 18.3. The van der Waals surface area contributed by atoms with Crippen molar-refractivity contribution in [3.63, 3.8) is 0 Å². The first kappa shape index (κ1) is 23.2. The van der Waals surface area contributed by atoms with Crippen molar-refractivity contribution in [1.82, 2.24) is 10.7 Å². The summed E-state index contributed by atoms with van der Waals surface area (Å²) in [5, 5.41) is 7.46. The van der Waals surface area contributed by atoms with Crippen LogP contribution in [0, 0.1) is 0 Å². The van der Waals surface area contributed by atoms with Crippen molar-refractivity contribution in [3.8, 4) is 17.2 Å². The van der Waals surface area contributed by atoms with Crippen molar-refractivity contribution in [2.75, 3.05) is 19.8 Å². The molecule has 0 bridgehead atoms. The number of hydrogen-bond donors (Lipinski definition) is 2. The van der Waals surface area contributed by atoms with E-state index in [1.165, 1.54) is 0 Å². The monoisotopic (exact) mass is 429 g/mol. The number of nitrogens with one attached hydrogen (secondary N) is 2. The first-order valence-electron chi connectivity index (χ1n) is 9.86. The highest BCUT2D eigenvalue weighted by molar-refractivity contribution is 7.80. The van der Waals surface area contributed by atoms with Crippen LogP contribution < -0.4 is 25.0 Å². The molecule has 0 atom stereocenters. The predicted octanol–water partition coefficient (Wildman–Crippen LogP) is 3.91. The Labute approximate surface area is 182 Å². The van der Waals surface area contributed by atoms with Crippen LogP contribution >= 0.6 is 12.2 Å². The van der Waals surface area contributed by atoms with Crippen molar-refractivity contribution < 1.29 is 19.0 Å². The number of ether oxygens (including phenoxy) is 3. The predicted molar refractivity (Wildman–Crippen MR) is 122 cm³/mol. The Kier molecular flexibility index (Phi) is 9.60. The molecule has 7 nitrogen and oxygen atoms in total. The lowest BCUT2D eigenvalue weighted by Crippen LogP contribution is -2.31. The number of nitrogens with zero attached hydrogens (tertiary/aromatic N) is 1. The minimum atomic E-state index is -0.475. The molecule has 0 fully saturated rings. The van der Waals surface area contributed by atoms with Gasteiger partial charge in [-0.2, -0.15) is 5.10 Å². The molecule has 0 unspecified atom stereocenters. The fourth-order valence-electron chi connectivity index (χ4n) is 2.39. The Bertz CT molecular complexity index is 869. The van der Waals surface area contributed by atoms with Gasteiger partial charge in [-0.25, -0.2) is 4.79 Å². The summed E-state index contributed by atoms with van der Waals surface area (Å²) in [4.78, 5) is 12.5. The summed E-state index contributed by atoms with van der Waals surface area (Å²) in [5.74, 6) is 1.03. The Morgan fingerprint density at radius 2 is 1.83 bits per heavy atom. The Hall–Kier alpha value is -3.13. The van der Waals surface area contributed by atoms with Gasteiger partial charge in [-0.1, -0.05) is 6.92 Å². The van der Waals surface area contributed by atoms with Crippen LogP contribution in [0.25, 0.3) is 0 Å². The maximum atomic E-state index is 12.5. The zero-order valence-electron chi connectivity index (χ0n) is 17.4. The second-order valence-corrected chi connectivity index (χ2v) is 6.54. The van der Waals surface area contributed by atoms with Crippen molar-refractivity contribution in [2.24, 2.45) is 5.10 Å². The molecule has 8 heteroatoms. The number of carbonyl (C=O) groups is 1. The van der Waals surface area contributed by atoms with Gasteiger partial charge in [0.25, 0.3) is 0 Å². The first-order chi connectivity index (χ1) is 14.6. The van der Waals surface area contributed by atoms with Crippen molar-refractivity contribution in [2.45, 2.75) is 27.2 Å². The molecular formula is C22H27N3O4S. The molecule has 0 saturated carbocycles. The first-order valence-corrected chi connectivity index (χ1v) is 10.3. The lowest BCUT2D eigenvalue weighted by Gasteiger charge is -2.12. The molecule has 0 radical (unpaired) electrons. The molecule has 0 aliphatic rings. The van der Waals surface area contributed by atoms with Gasteiger partial charge in [0.2, 0.25) is 0 Å². The van der Waals surface area contributed by atoms with E-state index in [2.05, 4.69) is 15.8 Å². The second kappa shape index (κ2) is 12.4. The van der Waals surface area contributed by atoms with E-state index in [-0.39, 0.29) is 0 Å². The number of hydrogen-bond acceptors (Lipinski definition) is 6. The van der Waals surface area contributed by atoms with Gasteiger partial charge in [0.15, 0.2) is 16.6 Å². The molecule has 160 valence electrons. The van der Waals surface area contributed by atoms with E-state index in [1.54, 1.807) is 48.7 Å². The minimum Gasteiger partial charge on any atom is -0.494 e. The highest BCUT2D eigenvalue weighted by Crippen LogP contribution is 2.29. The summed E-state index contributed by atoms with van der Waals surface area (Å²) in [7, 11) is 0. The fourth-order valence-corrected chi connectivity index (χ4v) is 2.59. The van der Waals surface area contributed by atoms with Gasteiger partial charge in [0, 0.05) is 6.54 Å². The van der Waals surface area contributed by atoms with Gasteiger partial charge < -0.3 is 19.5 Å². The Morgan fingerprint density at radius 1 is 1.07 bits per heavy atom. The van der Waals surface area contributed by atoms with Crippen LogP contribution in [0.3, 0.4) is 0 Å². The molecule has 0 heterocycles.